The number of amides is 1. The molecule has 0 aliphatic carbocycles. The molecule has 0 aromatic carbocycles. The summed E-state index contributed by atoms with van der Waals surface area (Å²) in [4.78, 5) is 10.3. The van der Waals surface area contributed by atoms with E-state index >= 15 is 0 Å². The molecule has 0 aromatic heterocycles. The topological polar surface area (TPSA) is 52.9 Å². The van der Waals surface area contributed by atoms with Crippen molar-refractivity contribution in [3.63, 3.8) is 0 Å². The summed E-state index contributed by atoms with van der Waals surface area (Å²) in [6, 6.07) is 1.99. The zero-order valence-corrected chi connectivity index (χ0v) is 6.05. The van der Waals surface area contributed by atoms with E-state index in [4.69, 9.17) is 5.26 Å². The highest BCUT2D eigenvalue weighted by molar-refractivity contribution is 5.72. The summed E-state index contributed by atoms with van der Waals surface area (Å²) in [5.74, 6) is -0.0228. The Labute approximate surface area is 61.0 Å². The molecule has 1 N–H and O–H groups in total. The lowest BCUT2D eigenvalue weighted by molar-refractivity contribution is -0.118. The fourth-order valence-electron chi connectivity index (χ4n) is 0.517. The van der Waals surface area contributed by atoms with E-state index in [1.807, 2.05) is 12.5 Å². The number of unbranched alkanes of at least 4 members (excludes halogenated alkanes) is 2. The summed E-state index contributed by atoms with van der Waals surface area (Å²) in [5.41, 5.74) is 0. The van der Waals surface area contributed by atoms with Crippen LogP contribution in [0.3, 0.4) is 0 Å². The van der Waals surface area contributed by atoms with Gasteiger partial charge in [-0.3, -0.25) is 4.79 Å². The number of rotatable bonds is 4. The highest BCUT2D eigenvalue weighted by Crippen LogP contribution is 1.88. The normalized spacial score (nSPS) is 8.40. The Morgan fingerprint density at radius 2 is 2.50 bits per heavy atom. The first-order chi connectivity index (χ1) is 4.77. The molecule has 0 aromatic rings. The van der Waals surface area contributed by atoms with Crippen molar-refractivity contribution in [3.05, 3.63) is 6.42 Å². The Balaban J connectivity index is 2.92. The molecule has 0 bridgehead atoms. The van der Waals surface area contributed by atoms with Crippen LogP contribution in [0.4, 0.5) is 0 Å². The molecule has 3 heteroatoms. The first kappa shape index (κ1) is 8.96. The van der Waals surface area contributed by atoms with Crippen LogP contribution in [0.1, 0.15) is 19.8 Å². The molecule has 1 amide bonds. The van der Waals surface area contributed by atoms with E-state index in [2.05, 4.69) is 5.32 Å². The molecule has 0 atom stereocenters. The van der Waals surface area contributed by atoms with Crippen LogP contribution in [0.25, 0.3) is 0 Å². The Bertz CT molecular complexity index is 137. The lowest BCUT2D eigenvalue weighted by Gasteiger charge is -1.97. The van der Waals surface area contributed by atoms with Gasteiger partial charge in [-0.1, -0.05) is 0 Å². The minimum Gasteiger partial charge on any atom is -0.356 e. The first-order valence-electron chi connectivity index (χ1n) is 3.20. The number of nitrogens with one attached hydrogen (secondary N) is 1. The van der Waals surface area contributed by atoms with E-state index < -0.39 is 0 Å². The minimum atomic E-state index is -0.0228. The molecule has 3 nitrogen and oxygen atoms in total. The molecule has 1 radical (unpaired) electrons. The van der Waals surface area contributed by atoms with Gasteiger partial charge in [0.15, 0.2) is 0 Å². The average molecular weight is 139 g/mol. The average Bonchev–Trinajstić information content (AvgIpc) is 1.87. The van der Waals surface area contributed by atoms with Gasteiger partial charge in [0.25, 0.3) is 0 Å². The maximum atomic E-state index is 10.3. The molecule has 0 rings (SSSR count). The number of nitriles is 1. The van der Waals surface area contributed by atoms with Gasteiger partial charge >= 0.3 is 0 Å². The quantitative estimate of drug-likeness (QED) is 0.581. The van der Waals surface area contributed by atoms with Crippen molar-refractivity contribution in [1.82, 2.24) is 5.32 Å². The van der Waals surface area contributed by atoms with Crippen molar-refractivity contribution in [2.75, 3.05) is 6.54 Å². The Hall–Kier alpha value is -1.04. The fourth-order valence-corrected chi connectivity index (χ4v) is 0.517. The van der Waals surface area contributed by atoms with Crippen molar-refractivity contribution in [1.29, 1.82) is 5.26 Å². The summed E-state index contributed by atoms with van der Waals surface area (Å²) < 4.78 is 0. The summed E-state index contributed by atoms with van der Waals surface area (Å²) in [5, 5.41) is 10.7. The van der Waals surface area contributed by atoms with Crippen molar-refractivity contribution in [3.8, 4) is 6.07 Å². The second-order valence-corrected chi connectivity index (χ2v) is 1.92. The molecular weight excluding hydrogens is 128 g/mol. The van der Waals surface area contributed by atoms with Gasteiger partial charge in [0.1, 0.15) is 0 Å². The van der Waals surface area contributed by atoms with E-state index in [1.54, 1.807) is 0 Å². The zero-order chi connectivity index (χ0) is 7.82. The van der Waals surface area contributed by atoms with E-state index in [0.717, 1.165) is 6.42 Å². The molecule has 0 unspecified atom stereocenters. The summed E-state index contributed by atoms with van der Waals surface area (Å²) in [7, 11) is 0. The highest BCUT2D eigenvalue weighted by atomic mass is 16.1. The standard InChI is InChI=1S/C7H11N2O/c1-7(10)9-6-4-2-3-5-8/h2H,3-4,6H2,1H3,(H,9,10). The summed E-state index contributed by atoms with van der Waals surface area (Å²) in [6.07, 6.45) is 3.07. The number of carbonyl (C=O) groups is 1. The third-order valence-electron chi connectivity index (χ3n) is 0.958. The van der Waals surface area contributed by atoms with Gasteiger partial charge in [0.2, 0.25) is 5.91 Å². The lowest BCUT2D eigenvalue weighted by Crippen LogP contribution is -2.20. The fraction of sp³-hybridized carbons (Fsp3) is 0.571. The minimum absolute atomic E-state index is 0.0228. The molecule has 0 heterocycles. The van der Waals surface area contributed by atoms with Crippen LogP contribution in [-0.4, -0.2) is 12.5 Å². The second-order valence-electron chi connectivity index (χ2n) is 1.92. The number of hydrogen-bond donors (Lipinski definition) is 1. The molecule has 55 valence electrons. The lowest BCUT2D eigenvalue weighted by atomic mass is 10.2. The molecule has 0 saturated carbocycles. The molecule has 0 fully saturated rings. The van der Waals surface area contributed by atoms with E-state index in [-0.39, 0.29) is 5.91 Å². The van der Waals surface area contributed by atoms with Gasteiger partial charge in [-0.25, -0.2) is 0 Å². The van der Waals surface area contributed by atoms with Gasteiger partial charge in [-0.2, -0.15) is 5.26 Å². The molecule has 0 saturated heterocycles. The van der Waals surface area contributed by atoms with Gasteiger partial charge in [-0.15, -0.1) is 0 Å². The molecular formula is C7H11N2O. The van der Waals surface area contributed by atoms with Crippen LogP contribution < -0.4 is 5.32 Å². The molecule has 0 aliphatic rings. The van der Waals surface area contributed by atoms with Gasteiger partial charge in [-0.05, 0) is 12.8 Å². The smallest absolute Gasteiger partial charge is 0.216 e. The van der Waals surface area contributed by atoms with Crippen molar-refractivity contribution in [2.45, 2.75) is 19.8 Å². The predicted octanol–water partition coefficient (Wildman–Crippen LogP) is 0.631. The predicted molar refractivity (Wildman–Crippen MR) is 37.8 cm³/mol. The zero-order valence-electron chi connectivity index (χ0n) is 6.05. The number of carbonyl (C=O) groups excluding carboxylic acids is 1. The number of hydrogen-bond acceptors (Lipinski definition) is 2. The van der Waals surface area contributed by atoms with Crippen LogP contribution >= 0.6 is 0 Å². The van der Waals surface area contributed by atoms with E-state index in [1.165, 1.54) is 6.92 Å². The third-order valence-corrected chi connectivity index (χ3v) is 0.958. The van der Waals surface area contributed by atoms with Crippen molar-refractivity contribution >= 4 is 5.91 Å². The Kier molecular flexibility index (Phi) is 5.45. The highest BCUT2D eigenvalue weighted by Gasteiger charge is 1.89. The van der Waals surface area contributed by atoms with Crippen LogP contribution in [0.5, 0.6) is 0 Å². The third kappa shape index (κ3) is 6.96. The van der Waals surface area contributed by atoms with Crippen molar-refractivity contribution in [2.24, 2.45) is 0 Å². The first-order valence-corrected chi connectivity index (χ1v) is 3.20. The van der Waals surface area contributed by atoms with Crippen LogP contribution in [0.15, 0.2) is 0 Å². The second kappa shape index (κ2) is 6.09. The van der Waals surface area contributed by atoms with Gasteiger partial charge < -0.3 is 5.32 Å². The van der Waals surface area contributed by atoms with E-state index in [9.17, 15) is 4.79 Å². The van der Waals surface area contributed by atoms with Gasteiger partial charge in [0, 0.05) is 19.9 Å². The van der Waals surface area contributed by atoms with Crippen LogP contribution in [-0.2, 0) is 4.79 Å². The Morgan fingerprint density at radius 3 is 3.00 bits per heavy atom. The number of nitrogens with zero attached hydrogens (tertiary/aromatic N) is 1. The van der Waals surface area contributed by atoms with Crippen molar-refractivity contribution < 1.29 is 4.79 Å². The maximum absolute atomic E-state index is 10.3. The SMILES string of the molecule is CC(=O)NCC[CH]CC#N. The van der Waals surface area contributed by atoms with Crippen LogP contribution in [0, 0.1) is 17.8 Å². The van der Waals surface area contributed by atoms with Crippen LogP contribution in [0.2, 0.25) is 0 Å². The van der Waals surface area contributed by atoms with E-state index in [0.29, 0.717) is 13.0 Å². The maximum Gasteiger partial charge on any atom is 0.216 e. The Morgan fingerprint density at radius 1 is 1.80 bits per heavy atom. The monoisotopic (exact) mass is 139 g/mol. The molecule has 0 spiro atoms. The summed E-state index contributed by atoms with van der Waals surface area (Å²) >= 11 is 0. The molecule has 0 aliphatic heterocycles. The largest absolute Gasteiger partial charge is 0.356 e. The summed E-state index contributed by atoms with van der Waals surface area (Å²) in [6.45, 7) is 2.11. The van der Waals surface area contributed by atoms with Gasteiger partial charge in [0.05, 0.1) is 6.07 Å². The molecule has 10 heavy (non-hydrogen) atoms.